The fourth-order valence-corrected chi connectivity index (χ4v) is 4.12. The Bertz CT molecular complexity index is 474. The summed E-state index contributed by atoms with van der Waals surface area (Å²) in [5, 5.41) is 7.07. The lowest BCUT2D eigenvalue weighted by molar-refractivity contribution is 0.578. The Kier molecular flexibility index (Phi) is 7.34. The molecule has 0 spiro atoms. The number of nitrogens with zero attached hydrogens (tertiary/aromatic N) is 1. The molecule has 2 N–H and O–H groups in total. The molecule has 0 aromatic heterocycles. The lowest BCUT2D eigenvalue weighted by atomic mass is 10.1. The molecule has 3 nitrogen and oxygen atoms in total. The van der Waals surface area contributed by atoms with E-state index in [1.165, 1.54) is 36.3 Å². The van der Waals surface area contributed by atoms with Gasteiger partial charge in [0, 0.05) is 25.4 Å². The summed E-state index contributed by atoms with van der Waals surface area (Å²) < 4.78 is 0. The van der Waals surface area contributed by atoms with Crippen molar-refractivity contribution in [3.8, 4) is 0 Å². The van der Waals surface area contributed by atoms with Crippen LogP contribution in [0.5, 0.6) is 0 Å². The first-order valence-corrected chi connectivity index (χ1v) is 9.12. The third-order valence-electron chi connectivity index (χ3n) is 4.41. The molecular formula is C17H26IN3S. The van der Waals surface area contributed by atoms with Crippen LogP contribution in [0.3, 0.4) is 0 Å². The van der Waals surface area contributed by atoms with Crippen LogP contribution in [0, 0.1) is 5.92 Å². The minimum Gasteiger partial charge on any atom is -0.356 e. The molecule has 1 aliphatic carbocycles. The van der Waals surface area contributed by atoms with Crippen LogP contribution in [0.25, 0.3) is 0 Å². The number of halogens is 1. The number of benzene rings is 1. The van der Waals surface area contributed by atoms with Gasteiger partial charge in [-0.15, -0.1) is 24.0 Å². The van der Waals surface area contributed by atoms with Crippen molar-refractivity contribution in [3.05, 3.63) is 35.9 Å². The monoisotopic (exact) mass is 431 g/mol. The predicted octanol–water partition coefficient (Wildman–Crippen LogP) is 3.47. The van der Waals surface area contributed by atoms with E-state index in [1.807, 2.05) is 18.8 Å². The summed E-state index contributed by atoms with van der Waals surface area (Å²) in [5.41, 5.74) is 1.48. The first-order valence-electron chi connectivity index (χ1n) is 7.96. The number of hydrogen-bond acceptors (Lipinski definition) is 2. The molecule has 5 heteroatoms. The average Bonchev–Trinajstić information content (AvgIpc) is 3.33. The van der Waals surface area contributed by atoms with Crippen molar-refractivity contribution in [1.82, 2.24) is 10.6 Å². The zero-order valence-electron chi connectivity index (χ0n) is 13.1. The maximum atomic E-state index is 4.36. The van der Waals surface area contributed by atoms with Gasteiger partial charge in [0.2, 0.25) is 0 Å². The molecule has 22 heavy (non-hydrogen) atoms. The normalized spacial score (nSPS) is 27.7. The second kappa shape index (κ2) is 9.01. The highest BCUT2D eigenvalue weighted by Crippen LogP contribution is 2.46. The molecule has 3 unspecified atom stereocenters. The minimum atomic E-state index is 0. The van der Waals surface area contributed by atoms with E-state index in [1.54, 1.807) is 0 Å². The third-order valence-corrected chi connectivity index (χ3v) is 5.62. The molecular weight excluding hydrogens is 405 g/mol. The Morgan fingerprint density at radius 1 is 1.32 bits per heavy atom. The molecule has 0 bridgehead atoms. The number of rotatable bonds is 4. The number of nitrogens with one attached hydrogen (secondary N) is 2. The van der Waals surface area contributed by atoms with Gasteiger partial charge < -0.3 is 10.6 Å². The lowest BCUT2D eigenvalue weighted by Crippen LogP contribution is -2.46. The molecule has 122 valence electrons. The van der Waals surface area contributed by atoms with E-state index < -0.39 is 0 Å². The van der Waals surface area contributed by atoms with Crippen LogP contribution in [0.4, 0.5) is 0 Å². The van der Waals surface area contributed by atoms with Crippen molar-refractivity contribution >= 4 is 41.7 Å². The van der Waals surface area contributed by atoms with Crippen LogP contribution in [0.15, 0.2) is 35.3 Å². The molecule has 0 radical (unpaired) electrons. The molecule has 2 fully saturated rings. The quantitative estimate of drug-likeness (QED) is 0.436. The smallest absolute Gasteiger partial charge is 0.191 e. The van der Waals surface area contributed by atoms with Gasteiger partial charge in [-0.1, -0.05) is 30.3 Å². The number of aliphatic imine (C=N–C) groups is 1. The number of guanidine groups is 1. The Morgan fingerprint density at radius 2 is 2.14 bits per heavy atom. The van der Waals surface area contributed by atoms with Gasteiger partial charge in [-0.05, 0) is 42.4 Å². The highest BCUT2D eigenvalue weighted by Gasteiger charge is 2.37. The second-order valence-electron chi connectivity index (χ2n) is 6.02. The summed E-state index contributed by atoms with van der Waals surface area (Å²) in [6.45, 7) is 1.03. The average molecular weight is 431 g/mol. The summed E-state index contributed by atoms with van der Waals surface area (Å²) in [6.07, 6.45) is 3.88. The zero-order chi connectivity index (χ0) is 14.5. The largest absolute Gasteiger partial charge is 0.356 e. The van der Waals surface area contributed by atoms with Gasteiger partial charge in [-0.3, -0.25) is 4.99 Å². The van der Waals surface area contributed by atoms with Crippen molar-refractivity contribution in [2.24, 2.45) is 10.9 Å². The highest BCUT2D eigenvalue weighted by molar-refractivity contribution is 14.0. The van der Waals surface area contributed by atoms with Gasteiger partial charge in [0.15, 0.2) is 5.96 Å². The summed E-state index contributed by atoms with van der Waals surface area (Å²) in [6, 6.07) is 11.4. The van der Waals surface area contributed by atoms with E-state index in [9.17, 15) is 0 Å². The SMILES string of the molecule is CN=C(NCC1CC1c1ccccc1)NC1CCCSC1.I. The molecule has 0 amide bonds. The number of thioether (sulfide) groups is 1. The summed E-state index contributed by atoms with van der Waals surface area (Å²) in [7, 11) is 1.87. The topological polar surface area (TPSA) is 36.4 Å². The molecule has 3 rings (SSSR count). The van der Waals surface area contributed by atoms with Gasteiger partial charge in [-0.2, -0.15) is 11.8 Å². The molecule has 1 aromatic rings. The van der Waals surface area contributed by atoms with Crippen LogP contribution in [0.1, 0.15) is 30.7 Å². The van der Waals surface area contributed by atoms with Gasteiger partial charge in [0.25, 0.3) is 0 Å². The van der Waals surface area contributed by atoms with Crippen molar-refractivity contribution in [2.45, 2.75) is 31.2 Å². The van der Waals surface area contributed by atoms with E-state index in [-0.39, 0.29) is 24.0 Å². The van der Waals surface area contributed by atoms with Crippen LogP contribution in [-0.2, 0) is 0 Å². The summed E-state index contributed by atoms with van der Waals surface area (Å²) in [5.74, 6) is 4.98. The number of hydrogen-bond donors (Lipinski definition) is 2. The maximum Gasteiger partial charge on any atom is 0.191 e. The first kappa shape index (κ1) is 17.9. The van der Waals surface area contributed by atoms with Crippen molar-refractivity contribution in [2.75, 3.05) is 25.1 Å². The molecule has 1 saturated carbocycles. The molecule has 1 aromatic carbocycles. The van der Waals surface area contributed by atoms with E-state index in [0.717, 1.165) is 24.3 Å². The Morgan fingerprint density at radius 3 is 2.82 bits per heavy atom. The Hall–Kier alpha value is -0.430. The molecule has 1 aliphatic heterocycles. The molecule has 2 aliphatic rings. The second-order valence-corrected chi connectivity index (χ2v) is 7.17. The summed E-state index contributed by atoms with van der Waals surface area (Å²) >= 11 is 2.04. The van der Waals surface area contributed by atoms with Crippen LogP contribution >= 0.6 is 35.7 Å². The molecule has 1 heterocycles. The Balaban J connectivity index is 0.00000176. The maximum absolute atomic E-state index is 4.36. The fraction of sp³-hybridized carbons (Fsp3) is 0.588. The van der Waals surface area contributed by atoms with Crippen molar-refractivity contribution in [3.63, 3.8) is 0 Å². The van der Waals surface area contributed by atoms with Gasteiger partial charge in [0.1, 0.15) is 0 Å². The van der Waals surface area contributed by atoms with Gasteiger partial charge in [-0.25, -0.2) is 0 Å². The predicted molar refractivity (Wildman–Crippen MR) is 108 cm³/mol. The van der Waals surface area contributed by atoms with Crippen molar-refractivity contribution in [1.29, 1.82) is 0 Å². The van der Waals surface area contributed by atoms with E-state index in [4.69, 9.17) is 0 Å². The van der Waals surface area contributed by atoms with Crippen LogP contribution < -0.4 is 10.6 Å². The van der Waals surface area contributed by atoms with E-state index in [0.29, 0.717) is 6.04 Å². The highest BCUT2D eigenvalue weighted by atomic mass is 127. The first-order chi connectivity index (χ1) is 10.4. The lowest BCUT2D eigenvalue weighted by Gasteiger charge is -2.24. The van der Waals surface area contributed by atoms with Crippen molar-refractivity contribution < 1.29 is 0 Å². The molecule has 1 saturated heterocycles. The van der Waals surface area contributed by atoms with E-state index >= 15 is 0 Å². The van der Waals surface area contributed by atoms with Gasteiger partial charge >= 0.3 is 0 Å². The summed E-state index contributed by atoms with van der Waals surface area (Å²) in [4.78, 5) is 4.36. The fourth-order valence-electron chi connectivity index (χ4n) is 3.05. The molecule has 3 atom stereocenters. The van der Waals surface area contributed by atoms with Crippen LogP contribution in [-0.4, -0.2) is 37.1 Å². The van der Waals surface area contributed by atoms with E-state index in [2.05, 4.69) is 46.0 Å². The Labute approximate surface area is 155 Å². The minimum absolute atomic E-state index is 0. The van der Waals surface area contributed by atoms with Crippen LogP contribution in [0.2, 0.25) is 0 Å². The standard InChI is InChI=1S/C17H25N3S.HI/c1-18-17(20-15-8-5-9-21-12-15)19-11-14-10-16(14)13-6-3-2-4-7-13;/h2-4,6-7,14-16H,5,8-12H2,1H3,(H2,18,19,20);1H. The van der Waals surface area contributed by atoms with Gasteiger partial charge in [0.05, 0.1) is 0 Å². The third kappa shape index (κ3) is 5.05. The zero-order valence-corrected chi connectivity index (χ0v) is 16.3.